The summed E-state index contributed by atoms with van der Waals surface area (Å²) in [6.45, 7) is 0. The number of nitrogen functional groups attached to an aromatic ring is 1. The molecule has 0 aliphatic carbocycles. The molecule has 0 radical (unpaired) electrons. The van der Waals surface area contributed by atoms with Crippen molar-refractivity contribution < 1.29 is 4.39 Å². The van der Waals surface area contributed by atoms with Crippen molar-refractivity contribution in [1.29, 1.82) is 0 Å². The Morgan fingerprint density at radius 3 is 2.88 bits per heavy atom. The minimum Gasteiger partial charge on any atom is -0.383 e. The van der Waals surface area contributed by atoms with E-state index in [9.17, 15) is 4.39 Å². The summed E-state index contributed by atoms with van der Waals surface area (Å²) in [5, 5.41) is 1.89. The number of hydrogen-bond acceptors (Lipinski definition) is 3. The molecule has 0 spiro atoms. The number of nitrogens with zero attached hydrogens (tertiary/aromatic N) is 2. The van der Waals surface area contributed by atoms with Crippen LogP contribution in [0.5, 0.6) is 0 Å². The van der Waals surface area contributed by atoms with E-state index in [1.54, 1.807) is 22.6 Å². The highest BCUT2D eigenvalue weighted by Gasteiger charge is 2.14. The van der Waals surface area contributed by atoms with Crippen LogP contribution >= 0.6 is 11.3 Å². The molecular weight excluding hydrogens is 225 g/mol. The molecule has 80 valence electrons. The molecule has 1 aromatic carbocycles. The van der Waals surface area contributed by atoms with Gasteiger partial charge in [0.1, 0.15) is 17.3 Å². The van der Waals surface area contributed by atoms with Crippen LogP contribution in [0.25, 0.3) is 16.2 Å². The lowest BCUT2D eigenvalue weighted by Gasteiger charge is -1.99. The fourth-order valence-electron chi connectivity index (χ4n) is 1.65. The van der Waals surface area contributed by atoms with Crippen LogP contribution in [-0.2, 0) is 0 Å². The molecule has 2 aromatic heterocycles. The molecule has 0 bridgehead atoms. The Bertz CT molecular complexity index is 656. The first kappa shape index (κ1) is 9.35. The molecule has 5 heteroatoms. The Labute approximate surface area is 95.0 Å². The van der Waals surface area contributed by atoms with Crippen molar-refractivity contribution in [1.82, 2.24) is 9.38 Å². The second-order valence-electron chi connectivity index (χ2n) is 3.38. The van der Waals surface area contributed by atoms with Gasteiger partial charge in [-0.1, -0.05) is 12.1 Å². The summed E-state index contributed by atoms with van der Waals surface area (Å²) in [4.78, 5) is 5.09. The quantitative estimate of drug-likeness (QED) is 0.702. The number of rotatable bonds is 1. The maximum absolute atomic E-state index is 13.6. The Kier molecular flexibility index (Phi) is 1.94. The average Bonchev–Trinajstić information content (AvgIpc) is 2.83. The fourth-order valence-corrected chi connectivity index (χ4v) is 2.38. The number of thiazole rings is 1. The van der Waals surface area contributed by atoms with Gasteiger partial charge < -0.3 is 5.73 Å². The largest absolute Gasteiger partial charge is 0.383 e. The molecule has 0 amide bonds. The van der Waals surface area contributed by atoms with Gasteiger partial charge in [-0.25, -0.2) is 9.37 Å². The summed E-state index contributed by atoms with van der Waals surface area (Å²) in [7, 11) is 0. The van der Waals surface area contributed by atoms with E-state index in [0.717, 1.165) is 4.96 Å². The molecule has 0 fully saturated rings. The summed E-state index contributed by atoms with van der Waals surface area (Å²) in [5.74, 6) is 0.168. The molecule has 0 saturated carbocycles. The van der Waals surface area contributed by atoms with Crippen molar-refractivity contribution in [2.75, 3.05) is 5.73 Å². The normalized spacial score (nSPS) is 11.1. The monoisotopic (exact) mass is 233 g/mol. The molecular formula is C11H8FN3S. The fraction of sp³-hybridized carbons (Fsp3) is 0. The number of imidazole rings is 1. The van der Waals surface area contributed by atoms with Crippen molar-refractivity contribution in [3.8, 4) is 11.3 Å². The Morgan fingerprint density at radius 1 is 1.31 bits per heavy atom. The van der Waals surface area contributed by atoms with E-state index in [0.29, 0.717) is 17.1 Å². The highest BCUT2D eigenvalue weighted by Crippen LogP contribution is 2.29. The van der Waals surface area contributed by atoms with Gasteiger partial charge in [0.2, 0.25) is 0 Å². The molecule has 3 nitrogen and oxygen atoms in total. The zero-order chi connectivity index (χ0) is 11.1. The van der Waals surface area contributed by atoms with Crippen LogP contribution in [0.2, 0.25) is 0 Å². The summed E-state index contributed by atoms with van der Waals surface area (Å²) in [6.07, 6.45) is 1.83. The van der Waals surface area contributed by atoms with Crippen molar-refractivity contribution in [2.45, 2.75) is 0 Å². The van der Waals surface area contributed by atoms with Crippen LogP contribution < -0.4 is 5.73 Å². The second-order valence-corrected chi connectivity index (χ2v) is 4.25. The van der Waals surface area contributed by atoms with Gasteiger partial charge in [0.25, 0.3) is 0 Å². The SMILES string of the molecule is Nc1c(-c2ccccc2F)nc2sccn12. The van der Waals surface area contributed by atoms with E-state index in [4.69, 9.17) is 5.73 Å². The zero-order valence-corrected chi connectivity index (χ0v) is 9.04. The first-order valence-corrected chi connectivity index (χ1v) is 5.61. The summed E-state index contributed by atoms with van der Waals surface area (Å²) >= 11 is 1.47. The van der Waals surface area contributed by atoms with E-state index in [1.165, 1.54) is 17.4 Å². The molecule has 16 heavy (non-hydrogen) atoms. The molecule has 0 unspecified atom stereocenters. The predicted molar refractivity (Wildman–Crippen MR) is 62.9 cm³/mol. The van der Waals surface area contributed by atoms with Gasteiger partial charge >= 0.3 is 0 Å². The van der Waals surface area contributed by atoms with Crippen LogP contribution in [0, 0.1) is 5.82 Å². The van der Waals surface area contributed by atoms with Crippen LogP contribution in [0.15, 0.2) is 35.8 Å². The lowest BCUT2D eigenvalue weighted by atomic mass is 10.1. The third kappa shape index (κ3) is 1.22. The lowest BCUT2D eigenvalue weighted by Crippen LogP contribution is -1.93. The highest BCUT2D eigenvalue weighted by atomic mass is 32.1. The Morgan fingerprint density at radius 2 is 2.12 bits per heavy atom. The van der Waals surface area contributed by atoms with Crippen molar-refractivity contribution in [3.63, 3.8) is 0 Å². The lowest BCUT2D eigenvalue weighted by molar-refractivity contribution is 0.631. The minimum absolute atomic E-state index is 0.306. The van der Waals surface area contributed by atoms with E-state index < -0.39 is 0 Å². The first-order valence-electron chi connectivity index (χ1n) is 4.73. The molecule has 3 rings (SSSR count). The van der Waals surface area contributed by atoms with E-state index in [2.05, 4.69) is 4.98 Å². The third-order valence-electron chi connectivity index (χ3n) is 2.43. The number of anilines is 1. The standard InChI is InChI=1S/C11H8FN3S/c12-8-4-2-1-3-7(8)9-10(13)15-5-6-16-11(15)14-9/h1-6H,13H2. The second kappa shape index (κ2) is 3.31. The van der Waals surface area contributed by atoms with E-state index in [1.807, 2.05) is 11.6 Å². The molecule has 0 atom stereocenters. The number of aromatic nitrogens is 2. The molecule has 2 heterocycles. The number of halogens is 1. The van der Waals surface area contributed by atoms with Gasteiger partial charge in [0, 0.05) is 17.1 Å². The maximum atomic E-state index is 13.6. The molecule has 3 aromatic rings. The van der Waals surface area contributed by atoms with E-state index >= 15 is 0 Å². The minimum atomic E-state index is -0.306. The predicted octanol–water partition coefficient (Wildman–Crippen LogP) is 2.78. The smallest absolute Gasteiger partial charge is 0.195 e. The summed E-state index contributed by atoms with van der Waals surface area (Å²) < 4.78 is 15.3. The Hall–Kier alpha value is -1.88. The summed E-state index contributed by atoms with van der Waals surface area (Å²) in [5.41, 5.74) is 6.87. The van der Waals surface area contributed by atoms with Crippen LogP contribution in [0.4, 0.5) is 10.2 Å². The van der Waals surface area contributed by atoms with Crippen LogP contribution in [0.1, 0.15) is 0 Å². The van der Waals surface area contributed by atoms with Crippen molar-refractivity contribution >= 4 is 22.1 Å². The Balaban J connectivity index is 2.30. The molecule has 0 saturated heterocycles. The topological polar surface area (TPSA) is 43.3 Å². The molecule has 0 aliphatic rings. The third-order valence-corrected chi connectivity index (χ3v) is 3.18. The number of nitrogens with two attached hydrogens (primary N) is 1. The van der Waals surface area contributed by atoms with Crippen molar-refractivity contribution in [3.05, 3.63) is 41.7 Å². The average molecular weight is 233 g/mol. The highest BCUT2D eigenvalue weighted by molar-refractivity contribution is 7.15. The van der Waals surface area contributed by atoms with Crippen LogP contribution in [0.3, 0.4) is 0 Å². The van der Waals surface area contributed by atoms with Crippen molar-refractivity contribution in [2.24, 2.45) is 0 Å². The van der Waals surface area contributed by atoms with E-state index in [-0.39, 0.29) is 5.82 Å². The van der Waals surface area contributed by atoms with Gasteiger partial charge in [0.15, 0.2) is 4.96 Å². The molecule has 0 aliphatic heterocycles. The van der Waals surface area contributed by atoms with Gasteiger partial charge in [-0.2, -0.15) is 0 Å². The van der Waals surface area contributed by atoms with Gasteiger partial charge in [0.05, 0.1) is 0 Å². The number of fused-ring (bicyclic) bond motifs is 1. The number of benzene rings is 1. The first-order chi connectivity index (χ1) is 7.77. The number of hydrogen-bond donors (Lipinski definition) is 1. The zero-order valence-electron chi connectivity index (χ0n) is 8.22. The van der Waals surface area contributed by atoms with Gasteiger partial charge in [-0.3, -0.25) is 4.40 Å². The van der Waals surface area contributed by atoms with Crippen LogP contribution in [-0.4, -0.2) is 9.38 Å². The maximum Gasteiger partial charge on any atom is 0.195 e. The summed E-state index contributed by atoms with van der Waals surface area (Å²) in [6, 6.07) is 6.50. The van der Waals surface area contributed by atoms with Gasteiger partial charge in [-0.15, -0.1) is 11.3 Å². The van der Waals surface area contributed by atoms with Gasteiger partial charge in [-0.05, 0) is 12.1 Å². The molecule has 2 N–H and O–H groups in total.